The number of carbonyl (C=O) groups is 1. The summed E-state index contributed by atoms with van der Waals surface area (Å²) >= 11 is 1.27. The Morgan fingerprint density at radius 3 is 2.57 bits per heavy atom. The van der Waals surface area contributed by atoms with Crippen molar-refractivity contribution in [1.29, 1.82) is 0 Å². The Morgan fingerprint density at radius 2 is 1.90 bits per heavy atom. The summed E-state index contributed by atoms with van der Waals surface area (Å²) in [5.41, 5.74) is 2.63. The van der Waals surface area contributed by atoms with E-state index >= 15 is 0 Å². The fourth-order valence-corrected chi connectivity index (χ4v) is 4.02. The number of benzene rings is 1. The average molecular weight is 425 g/mol. The van der Waals surface area contributed by atoms with Gasteiger partial charge in [-0.3, -0.25) is 14.2 Å². The quantitative estimate of drug-likeness (QED) is 0.437. The summed E-state index contributed by atoms with van der Waals surface area (Å²) in [6.07, 6.45) is 2.61. The van der Waals surface area contributed by atoms with E-state index in [-0.39, 0.29) is 29.2 Å². The topological polar surface area (TPSA) is 76.9 Å². The standard InChI is InChI=1S/C23H28N4O2S/c1-5-17-8-10-18(11-9-17)16(4)25-20(28)14-30-23-26-21-19(7-6-12-24-21)22(29)27(23)13-15(2)3/h6-12,15-16H,5,13-14H2,1-4H3,(H,25,28)/t16-/m0/s1. The van der Waals surface area contributed by atoms with Gasteiger partial charge in [0, 0.05) is 12.7 Å². The number of rotatable bonds is 8. The molecule has 0 spiro atoms. The Morgan fingerprint density at radius 1 is 1.17 bits per heavy atom. The highest BCUT2D eigenvalue weighted by Gasteiger charge is 2.16. The predicted molar refractivity (Wildman–Crippen MR) is 122 cm³/mol. The first-order valence-corrected chi connectivity index (χ1v) is 11.2. The number of nitrogens with one attached hydrogen (secondary N) is 1. The molecule has 1 N–H and O–H groups in total. The van der Waals surface area contributed by atoms with Crippen molar-refractivity contribution in [2.24, 2.45) is 5.92 Å². The van der Waals surface area contributed by atoms with Crippen molar-refractivity contribution >= 4 is 28.7 Å². The molecule has 0 radical (unpaired) electrons. The normalized spacial score (nSPS) is 12.3. The molecule has 6 nitrogen and oxygen atoms in total. The van der Waals surface area contributed by atoms with Crippen LogP contribution in [0, 0.1) is 5.92 Å². The molecular weight excluding hydrogens is 396 g/mol. The van der Waals surface area contributed by atoms with Crippen LogP contribution >= 0.6 is 11.8 Å². The minimum absolute atomic E-state index is 0.0897. The van der Waals surface area contributed by atoms with Crippen LogP contribution in [0.3, 0.4) is 0 Å². The van der Waals surface area contributed by atoms with Crippen LogP contribution in [-0.2, 0) is 17.8 Å². The fraction of sp³-hybridized carbons (Fsp3) is 0.391. The van der Waals surface area contributed by atoms with E-state index in [2.05, 4.69) is 34.3 Å². The molecule has 0 aliphatic rings. The van der Waals surface area contributed by atoms with Gasteiger partial charge in [-0.05, 0) is 42.5 Å². The third-order valence-corrected chi connectivity index (χ3v) is 5.82. The second-order valence-electron chi connectivity index (χ2n) is 7.75. The van der Waals surface area contributed by atoms with Crippen molar-refractivity contribution in [3.05, 3.63) is 64.1 Å². The zero-order valence-electron chi connectivity index (χ0n) is 17.9. The maximum absolute atomic E-state index is 12.9. The molecule has 0 aliphatic carbocycles. The van der Waals surface area contributed by atoms with Crippen LogP contribution in [0.5, 0.6) is 0 Å². The number of fused-ring (bicyclic) bond motifs is 1. The van der Waals surface area contributed by atoms with Gasteiger partial charge in [-0.1, -0.05) is 56.8 Å². The number of carbonyl (C=O) groups excluding carboxylic acids is 1. The van der Waals surface area contributed by atoms with E-state index in [1.807, 2.05) is 32.9 Å². The van der Waals surface area contributed by atoms with E-state index in [4.69, 9.17) is 0 Å². The van der Waals surface area contributed by atoms with E-state index in [9.17, 15) is 9.59 Å². The molecular formula is C23H28N4O2S. The van der Waals surface area contributed by atoms with E-state index in [0.717, 1.165) is 12.0 Å². The van der Waals surface area contributed by atoms with Gasteiger partial charge in [0.1, 0.15) is 0 Å². The molecule has 0 saturated heterocycles. The maximum atomic E-state index is 12.9. The lowest BCUT2D eigenvalue weighted by molar-refractivity contribution is -0.119. The summed E-state index contributed by atoms with van der Waals surface area (Å²) in [6, 6.07) is 11.7. The Labute approximate surface area is 181 Å². The SMILES string of the molecule is CCc1ccc([C@H](C)NC(=O)CSc2nc3ncccc3c(=O)n2CC(C)C)cc1. The lowest BCUT2D eigenvalue weighted by Crippen LogP contribution is -2.29. The molecule has 1 atom stereocenters. The number of nitrogens with zero attached hydrogens (tertiary/aromatic N) is 3. The Kier molecular flexibility index (Phi) is 7.26. The molecule has 0 unspecified atom stereocenters. The van der Waals surface area contributed by atoms with Crippen LogP contribution in [0.4, 0.5) is 0 Å². The molecule has 0 bridgehead atoms. The van der Waals surface area contributed by atoms with Crippen LogP contribution in [0.15, 0.2) is 52.5 Å². The first-order chi connectivity index (χ1) is 14.4. The molecule has 30 heavy (non-hydrogen) atoms. The van der Waals surface area contributed by atoms with Gasteiger partial charge in [0.05, 0.1) is 17.2 Å². The fourth-order valence-electron chi connectivity index (χ4n) is 3.21. The molecule has 2 aromatic heterocycles. The van der Waals surface area contributed by atoms with Crippen molar-refractivity contribution in [2.45, 2.75) is 51.9 Å². The van der Waals surface area contributed by atoms with Crippen molar-refractivity contribution in [3.63, 3.8) is 0 Å². The van der Waals surface area contributed by atoms with Gasteiger partial charge in [-0.2, -0.15) is 0 Å². The molecule has 0 fully saturated rings. The first kappa shape index (κ1) is 22.0. The van der Waals surface area contributed by atoms with Gasteiger partial charge in [0.15, 0.2) is 10.8 Å². The Hall–Kier alpha value is -2.67. The lowest BCUT2D eigenvalue weighted by Gasteiger charge is -2.16. The molecule has 0 saturated carbocycles. The van der Waals surface area contributed by atoms with Crippen molar-refractivity contribution < 1.29 is 4.79 Å². The molecule has 1 amide bonds. The summed E-state index contributed by atoms with van der Waals surface area (Å²) < 4.78 is 1.65. The smallest absolute Gasteiger partial charge is 0.263 e. The number of thioether (sulfide) groups is 1. The summed E-state index contributed by atoms with van der Waals surface area (Å²) in [5, 5.41) is 4.04. The lowest BCUT2D eigenvalue weighted by atomic mass is 10.1. The van der Waals surface area contributed by atoms with E-state index < -0.39 is 0 Å². The largest absolute Gasteiger partial charge is 0.349 e. The van der Waals surface area contributed by atoms with Gasteiger partial charge in [0.25, 0.3) is 5.56 Å². The molecule has 3 rings (SSSR count). The summed E-state index contributed by atoms with van der Waals surface area (Å²) in [6.45, 7) is 8.73. The van der Waals surface area contributed by atoms with Gasteiger partial charge in [-0.15, -0.1) is 0 Å². The van der Waals surface area contributed by atoms with Gasteiger partial charge in [0.2, 0.25) is 5.91 Å². The molecule has 2 heterocycles. The summed E-state index contributed by atoms with van der Waals surface area (Å²) in [5.74, 6) is 0.358. The predicted octanol–water partition coefficient (Wildman–Crippen LogP) is 3.98. The highest BCUT2D eigenvalue weighted by Crippen LogP contribution is 2.19. The number of aromatic nitrogens is 3. The number of hydrogen-bond donors (Lipinski definition) is 1. The van der Waals surface area contributed by atoms with Crippen LogP contribution in [0.1, 0.15) is 44.9 Å². The molecule has 7 heteroatoms. The molecule has 158 valence electrons. The molecule has 0 aliphatic heterocycles. The number of pyridine rings is 1. The van der Waals surface area contributed by atoms with Crippen molar-refractivity contribution in [1.82, 2.24) is 19.9 Å². The maximum Gasteiger partial charge on any atom is 0.263 e. The molecule has 3 aromatic rings. The van der Waals surface area contributed by atoms with E-state index in [0.29, 0.717) is 22.7 Å². The zero-order valence-corrected chi connectivity index (χ0v) is 18.7. The number of amides is 1. The van der Waals surface area contributed by atoms with Crippen molar-refractivity contribution in [3.8, 4) is 0 Å². The Bertz CT molecular complexity index is 1080. The second-order valence-corrected chi connectivity index (χ2v) is 8.69. The number of hydrogen-bond acceptors (Lipinski definition) is 5. The zero-order chi connectivity index (χ0) is 21.7. The minimum atomic E-state index is -0.117. The first-order valence-electron chi connectivity index (χ1n) is 10.3. The highest BCUT2D eigenvalue weighted by atomic mass is 32.2. The number of aryl methyl sites for hydroxylation is 1. The monoisotopic (exact) mass is 424 g/mol. The third kappa shape index (κ3) is 5.27. The van der Waals surface area contributed by atoms with Crippen LogP contribution in [0.25, 0.3) is 11.0 Å². The van der Waals surface area contributed by atoms with Crippen LogP contribution < -0.4 is 10.9 Å². The summed E-state index contributed by atoms with van der Waals surface area (Å²) in [4.78, 5) is 34.2. The van der Waals surface area contributed by atoms with Gasteiger partial charge >= 0.3 is 0 Å². The average Bonchev–Trinajstić information content (AvgIpc) is 2.74. The van der Waals surface area contributed by atoms with Crippen molar-refractivity contribution in [2.75, 3.05) is 5.75 Å². The minimum Gasteiger partial charge on any atom is -0.349 e. The summed E-state index contributed by atoms with van der Waals surface area (Å²) in [7, 11) is 0. The van der Waals surface area contributed by atoms with Crippen LogP contribution in [-0.4, -0.2) is 26.2 Å². The van der Waals surface area contributed by atoms with Gasteiger partial charge in [-0.25, -0.2) is 9.97 Å². The molecule has 1 aromatic carbocycles. The van der Waals surface area contributed by atoms with Crippen LogP contribution in [0.2, 0.25) is 0 Å². The highest BCUT2D eigenvalue weighted by molar-refractivity contribution is 7.99. The van der Waals surface area contributed by atoms with E-state index in [1.165, 1.54) is 17.3 Å². The third-order valence-electron chi connectivity index (χ3n) is 4.84. The van der Waals surface area contributed by atoms with E-state index in [1.54, 1.807) is 22.9 Å². The Balaban J connectivity index is 1.73. The van der Waals surface area contributed by atoms with Gasteiger partial charge < -0.3 is 5.32 Å². The second kappa shape index (κ2) is 9.89.